The Balaban J connectivity index is 4.47. The number of unbranched alkanes of at least 4 members (excludes halogenated alkanes) is 16. The Kier molecular flexibility index (Phi) is 38.6. The standard InChI is InChI=1S/C49H85NO8/c1-6-8-10-12-14-16-18-20-22-23-24-25-26-28-30-32-34-36-38-40-47(52)58-45(44-57-49(48(53)54)55-42-41-50(3,4)5)43-56-46(51)39-37-35-33-31-29-27-21-19-17-15-13-11-9-7-2/h8,10,14,16,19-22,24-25,45,49H,6-7,9,11-13,15,17-18,23,26-44H2,1-5H3/p+1/b10-8-,16-14-,21-19-,22-20-,25-24-. The molecule has 0 rings (SSSR count). The molecule has 0 aliphatic rings. The molecule has 9 heteroatoms. The zero-order valence-electron chi connectivity index (χ0n) is 37.7. The number of carboxylic acids is 1. The van der Waals surface area contributed by atoms with Crippen LogP contribution in [0.4, 0.5) is 0 Å². The van der Waals surface area contributed by atoms with Gasteiger partial charge in [-0.1, -0.05) is 145 Å². The summed E-state index contributed by atoms with van der Waals surface area (Å²) < 4.78 is 22.7. The lowest BCUT2D eigenvalue weighted by Gasteiger charge is -2.25. The molecule has 0 heterocycles. The van der Waals surface area contributed by atoms with Gasteiger partial charge < -0.3 is 28.5 Å². The Labute approximate surface area is 355 Å². The molecular formula is C49H86NO8+. The largest absolute Gasteiger partial charge is 0.477 e. The summed E-state index contributed by atoms with van der Waals surface area (Å²) in [5.41, 5.74) is 0. The molecule has 0 aromatic carbocycles. The van der Waals surface area contributed by atoms with E-state index in [2.05, 4.69) is 74.6 Å². The van der Waals surface area contributed by atoms with E-state index in [-0.39, 0.29) is 38.6 Å². The maximum atomic E-state index is 12.8. The monoisotopic (exact) mass is 817 g/mol. The van der Waals surface area contributed by atoms with Crippen LogP contribution in [0.25, 0.3) is 0 Å². The van der Waals surface area contributed by atoms with E-state index >= 15 is 0 Å². The minimum absolute atomic E-state index is 0.181. The Morgan fingerprint density at radius 1 is 0.534 bits per heavy atom. The zero-order valence-corrected chi connectivity index (χ0v) is 37.7. The van der Waals surface area contributed by atoms with Gasteiger partial charge in [-0.3, -0.25) is 9.59 Å². The minimum atomic E-state index is -1.52. The van der Waals surface area contributed by atoms with E-state index in [1.807, 2.05) is 21.1 Å². The SMILES string of the molecule is CC/C=C\C/C=C\C/C=C\C/C=C\CCCCCCCCC(=O)OC(COC(=O)CCCCCCC/C=C\CCCCCCC)COC(OCC[N+](C)(C)C)C(=O)O. The van der Waals surface area contributed by atoms with Crippen molar-refractivity contribution in [3.05, 3.63) is 60.8 Å². The molecule has 0 aromatic rings. The first-order chi connectivity index (χ1) is 28.1. The molecule has 0 aliphatic carbocycles. The quantitative estimate of drug-likeness (QED) is 0.0214. The van der Waals surface area contributed by atoms with E-state index < -0.39 is 24.3 Å². The molecule has 0 aromatic heterocycles. The van der Waals surface area contributed by atoms with Crippen molar-refractivity contribution in [2.75, 3.05) is 47.5 Å². The van der Waals surface area contributed by atoms with Gasteiger partial charge in [-0.25, -0.2) is 4.79 Å². The van der Waals surface area contributed by atoms with Crippen LogP contribution in [0.3, 0.4) is 0 Å². The zero-order chi connectivity index (χ0) is 42.8. The number of ether oxygens (including phenoxy) is 4. The maximum Gasteiger partial charge on any atom is 0.361 e. The number of nitrogens with zero attached hydrogens (tertiary/aromatic N) is 1. The first kappa shape index (κ1) is 55.0. The molecule has 0 saturated heterocycles. The number of rotatable bonds is 41. The third-order valence-corrected chi connectivity index (χ3v) is 9.51. The smallest absolute Gasteiger partial charge is 0.361 e. The lowest BCUT2D eigenvalue weighted by Crippen LogP contribution is -2.40. The number of quaternary nitrogens is 1. The van der Waals surface area contributed by atoms with Crippen LogP contribution in [0.5, 0.6) is 0 Å². The van der Waals surface area contributed by atoms with Crippen molar-refractivity contribution in [1.29, 1.82) is 0 Å². The Morgan fingerprint density at radius 2 is 0.983 bits per heavy atom. The van der Waals surface area contributed by atoms with Crippen LogP contribution >= 0.6 is 0 Å². The van der Waals surface area contributed by atoms with Gasteiger partial charge in [0.15, 0.2) is 6.10 Å². The van der Waals surface area contributed by atoms with Crippen molar-refractivity contribution in [1.82, 2.24) is 0 Å². The number of aliphatic carboxylic acids is 1. The lowest BCUT2D eigenvalue weighted by molar-refractivity contribution is -0.870. The van der Waals surface area contributed by atoms with Gasteiger partial charge in [0.05, 0.1) is 34.4 Å². The molecule has 9 nitrogen and oxygen atoms in total. The summed E-state index contributed by atoms with van der Waals surface area (Å²) in [5.74, 6) is -2.04. The molecule has 0 saturated carbocycles. The Hall–Kier alpha value is -3.01. The molecule has 1 N–H and O–H groups in total. The van der Waals surface area contributed by atoms with Crippen LogP contribution in [0, 0.1) is 0 Å². The number of carboxylic acid groups (broad SMARTS) is 1. The summed E-state index contributed by atoms with van der Waals surface area (Å²) in [6.45, 7) is 4.71. The van der Waals surface area contributed by atoms with E-state index in [4.69, 9.17) is 18.9 Å². The van der Waals surface area contributed by atoms with Crippen molar-refractivity contribution in [3.8, 4) is 0 Å². The third-order valence-electron chi connectivity index (χ3n) is 9.51. The second-order valence-electron chi connectivity index (χ2n) is 16.3. The van der Waals surface area contributed by atoms with Crippen molar-refractivity contribution < 1.29 is 42.9 Å². The van der Waals surface area contributed by atoms with Crippen molar-refractivity contribution in [3.63, 3.8) is 0 Å². The average Bonchev–Trinajstić information content (AvgIpc) is 3.18. The predicted molar refractivity (Wildman–Crippen MR) is 240 cm³/mol. The second kappa shape index (κ2) is 40.8. The van der Waals surface area contributed by atoms with E-state index in [9.17, 15) is 19.5 Å². The first-order valence-corrected chi connectivity index (χ1v) is 23.0. The van der Waals surface area contributed by atoms with E-state index in [0.717, 1.165) is 103 Å². The molecule has 0 amide bonds. The first-order valence-electron chi connectivity index (χ1n) is 23.0. The summed E-state index contributed by atoms with van der Waals surface area (Å²) in [6, 6.07) is 0. The molecule has 0 fully saturated rings. The average molecular weight is 817 g/mol. The van der Waals surface area contributed by atoms with Gasteiger partial charge in [0.2, 0.25) is 0 Å². The number of carbonyl (C=O) groups is 3. The summed E-state index contributed by atoms with van der Waals surface area (Å²) in [6.07, 6.45) is 45.6. The highest BCUT2D eigenvalue weighted by Crippen LogP contribution is 2.13. The van der Waals surface area contributed by atoms with E-state index in [1.165, 1.54) is 38.5 Å². The van der Waals surface area contributed by atoms with Gasteiger partial charge in [-0.05, 0) is 77.0 Å². The molecule has 0 radical (unpaired) electrons. The van der Waals surface area contributed by atoms with Crippen LogP contribution in [-0.2, 0) is 33.3 Å². The van der Waals surface area contributed by atoms with E-state index in [1.54, 1.807) is 0 Å². The van der Waals surface area contributed by atoms with Crippen LogP contribution in [0.15, 0.2) is 60.8 Å². The second-order valence-corrected chi connectivity index (χ2v) is 16.3. The minimum Gasteiger partial charge on any atom is -0.477 e. The predicted octanol–water partition coefficient (Wildman–Crippen LogP) is 12.2. The Morgan fingerprint density at radius 3 is 1.48 bits per heavy atom. The summed E-state index contributed by atoms with van der Waals surface area (Å²) in [4.78, 5) is 37.1. The molecule has 0 bridgehead atoms. The van der Waals surface area contributed by atoms with Crippen LogP contribution < -0.4 is 0 Å². The molecule has 0 aliphatic heterocycles. The van der Waals surface area contributed by atoms with Crippen molar-refractivity contribution >= 4 is 17.9 Å². The normalized spacial score (nSPS) is 13.5. The number of allylic oxidation sites excluding steroid dienone is 10. The summed E-state index contributed by atoms with van der Waals surface area (Å²) in [5, 5.41) is 9.64. The van der Waals surface area contributed by atoms with Gasteiger partial charge in [0.25, 0.3) is 6.29 Å². The number of carbonyl (C=O) groups excluding carboxylic acids is 2. The fourth-order valence-electron chi connectivity index (χ4n) is 5.94. The third kappa shape index (κ3) is 41.2. The summed E-state index contributed by atoms with van der Waals surface area (Å²) >= 11 is 0. The van der Waals surface area contributed by atoms with Gasteiger partial charge in [0.1, 0.15) is 13.2 Å². The number of hydrogen-bond donors (Lipinski definition) is 1. The molecule has 2 unspecified atom stereocenters. The number of esters is 2. The Bertz CT molecular complexity index is 1140. The van der Waals surface area contributed by atoms with Crippen LogP contribution in [-0.4, -0.2) is 87.4 Å². The fraction of sp³-hybridized carbons (Fsp3) is 0.735. The highest BCUT2D eigenvalue weighted by Gasteiger charge is 2.25. The molecular weight excluding hydrogens is 731 g/mol. The molecule has 2 atom stereocenters. The van der Waals surface area contributed by atoms with E-state index in [0.29, 0.717) is 17.4 Å². The topological polar surface area (TPSA) is 108 Å². The van der Waals surface area contributed by atoms with Gasteiger partial charge in [-0.2, -0.15) is 0 Å². The summed E-state index contributed by atoms with van der Waals surface area (Å²) in [7, 11) is 5.94. The molecule has 58 heavy (non-hydrogen) atoms. The van der Waals surface area contributed by atoms with Crippen LogP contribution in [0.1, 0.15) is 174 Å². The fourth-order valence-corrected chi connectivity index (χ4v) is 5.94. The van der Waals surface area contributed by atoms with Crippen molar-refractivity contribution in [2.45, 2.75) is 187 Å². The highest BCUT2D eigenvalue weighted by atomic mass is 16.7. The molecule has 334 valence electrons. The highest BCUT2D eigenvalue weighted by molar-refractivity contribution is 5.71. The maximum absolute atomic E-state index is 12.8. The number of hydrogen-bond acceptors (Lipinski definition) is 7. The van der Waals surface area contributed by atoms with Crippen molar-refractivity contribution in [2.24, 2.45) is 0 Å². The molecule has 0 spiro atoms. The lowest BCUT2D eigenvalue weighted by atomic mass is 10.1. The van der Waals surface area contributed by atoms with Gasteiger partial charge >= 0.3 is 17.9 Å². The van der Waals surface area contributed by atoms with Gasteiger partial charge in [-0.15, -0.1) is 0 Å². The van der Waals surface area contributed by atoms with Gasteiger partial charge in [0, 0.05) is 12.8 Å². The number of likely N-dealkylation sites (N-methyl/N-ethyl adjacent to an activating group) is 1. The van der Waals surface area contributed by atoms with Crippen LogP contribution in [0.2, 0.25) is 0 Å².